The van der Waals surface area contributed by atoms with E-state index >= 15 is 0 Å². The Hall–Kier alpha value is -1.17. The summed E-state index contributed by atoms with van der Waals surface area (Å²) >= 11 is 0. The molecule has 0 aliphatic heterocycles. The van der Waals surface area contributed by atoms with Gasteiger partial charge in [0.25, 0.3) is 0 Å². The van der Waals surface area contributed by atoms with Crippen LogP contribution in [-0.2, 0) is 4.74 Å². The topological polar surface area (TPSA) is 46.5 Å². The minimum absolute atomic E-state index is 0.163. The molecule has 0 rings (SSSR count). The first kappa shape index (κ1) is 9.83. The number of terminal acetylenes is 1. The van der Waals surface area contributed by atoms with Gasteiger partial charge < -0.3 is 9.84 Å². The van der Waals surface area contributed by atoms with Gasteiger partial charge in [-0.05, 0) is 6.42 Å². The summed E-state index contributed by atoms with van der Waals surface area (Å²) in [4.78, 5) is 9.95. The lowest BCUT2D eigenvalue weighted by molar-refractivity contribution is 0.0769. The summed E-state index contributed by atoms with van der Waals surface area (Å²) in [7, 11) is 0. The smallest absolute Gasteiger partial charge is 0.450 e. The van der Waals surface area contributed by atoms with Crippen molar-refractivity contribution in [3.8, 4) is 12.3 Å². The predicted molar refractivity (Wildman–Crippen MR) is 41.2 cm³/mol. The molecule has 0 aromatic heterocycles. The zero-order valence-electron chi connectivity index (χ0n) is 6.54. The zero-order valence-corrected chi connectivity index (χ0v) is 6.54. The summed E-state index contributed by atoms with van der Waals surface area (Å²) in [6, 6.07) is 0. The van der Waals surface area contributed by atoms with Crippen LogP contribution in [0, 0.1) is 18.3 Å². The maximum absolute atomic E-state index is 9.95. The SMILES string of the molecule is C#CCC(CC)COC(=O)O. The van der Waals surface area contributed by atoms with Gasteiger partial charge in [-0.1, -0.05) is 6.92 Å². The molecule has 3 heteroatoms. The van der Waals surface area contributed by atoms with Gasteiger partial charge in [0.05, 0.1) is 6.61 Å². The summed E-state index contributed by atoms with van der Waals surface area (Å²) in [5.74, 6) is 2.63. The van der Waals surface area contributed by atoms with Gasteiger partial charge >= 0.3 is 6.16 Å². The van der Waals surface area contributed by atoms with E-state index in [0.29, 0.717) is 6.42 Å². The van der Waals surface area contributed by atoms with E-state index in [4.69, 9.17) is 11.5 Å². The van der Waals surface area contributed by atoms with Crippen LogP contribution < -0.4 is 0 Å². The standard InChI is InChI=1S/C8H12O3/c1-3-5-7(4-2)6-11-8(9)10/h1,7H,4-6H2,2H3,(H,9,10). The highest BCUT2D eigenvalue weighted by atomic mass is 16.7. The van der Waals surface area contributed by atoms with E-state index in [1.54, 1.807) is 0 Å². The first-order valence-electron chi connectivity index (χ1n) is 3.49. The minimum atomic E-state index is -1.24. The van der Waals surface area contributed by atoms with Gasteiger partial charge in [0, 0.05) is 12.3 Å². The fourth-order valence-electron chi connectivity index (χ4n) is 0.677. The fourth-order valence-corrected chi connectivity index (χ4v) is 0.677. The van der Waals surface area contributed by atoms with Crippen molar-refractivity contribution in [3.63, 3.8) is 0 Å². The summed E-state index contributed by atoms with van der Waals surface area (Å²) in [5.41, 5.74) is 0. The third-order valence-corrected chi connectivity index (χ3v) is 1.43. The second-order valence-corrected chi connectivity index (χ2v) is 2.26. The van der Waals surface area contributed by atoms with E-state index in [9.17, 15) is 4.79 Å². The number of rotatable bonds is 4. The summed E-state index contributed by atoms with van der Waals surface area (Å²) in [6.45, 7) is 2.16. The molecule has 0 fully saturated rings. The highest BCUT2D eigenvalue weighted by Gasteiger charge is 2.06. The molecule has 0 amide bonds. The first-order valence-corrected chi connectivity index (χ1v) is 3.49. The zero-order chi connectivity index (χ0) is 8.69. The van der Waals surface area contributed by atoms with E-state index in [0.717, 1.165) is 6.42 Å². The molecule has 0 aromatic rings. The van der Waals surface area contributed by atoms with Crippen molar-refractivity contribution in [2.75, 3.05) is 6.61 Å². The van der Waals surface area contributed by atoms with Crippen molar-refractivity contribution in [3.05, 3.63) is 0 Å². The molecule has 0 aliphatic carbocycles. The summed E-state index contributed by atoms with van der Waals surface area (Å²) in [6.07, 6.45) is 5.24. The maximum atomic E-state index is 9.95. The Morgan fingerprint density at radius 1 is 1.82 bits per heavy atom. The fraction of sp³-hybridized carbons (Fsp3) is 0.625. The van der Waals surface area contributed by atoms with Gasteiger partial charge in [0.1, 0.15) is 0 Å². The van der Waals surface area contributed by atoms with Crippen LogP contribution in [-0.4, -0.2) is 17.9 Å². The van der Waals surface area contributed by atoms with Gasteiger partial charge in [0.15, 0.2) is 0 Å². The molecular weight excluding hydrogens is 144 g/mol. The quantitative estimate of drug-likeness (QED) is 0.498. The van der Waals surface area contributed by atoms with Crippen LogP contribution in [0.3, 0.4) is 0 Å². The van der Waals surface area contributed by atoms with Crippen molar-refractivity contribution >= 4 is 6.16 Å². The Morgan fingerprint density at radius 2 is 2.45 bits per heavy atom. The van der Waals surface area contributed by atoms with Crippen LogP contribution in [0.4, 0.5) is 4.79 Å². The van der Waals surface area contributed by atoms with Crippen LogP contribution in [0.2, 0.25) is 0 Å². The average molecular weight is 156 g/mol. The monoisotopic (exact) mass is 156 g/mol. The van der Waals surface area contributed by atoms with Crippen molar-refractivity contribution in [2.24, 2.45) is 5.92 Å². The molecule has 0 saturated carbocycles. The number of carbonyl (C=O) groups is 1. The second kappa shape index (κ2) is 5.60. The molecule has 0 aromatic carbocycles. The van der Waals surface area contributed by atoms with Gasteiger partial charge in [-0.3, -0.25) is 0 Å². The van der Waals surface area contributed by atoms with Gasteiger partial charge in [-0.25, -0.2) is 4.79 Å². The molecule has 0 radical (unpaired) electrons. The number of hydrogen-bond donors (Lipinski definition) is 1. The Kier molecular flexibility index (Phi) is 5.01. The van der Waals surface area contributed by atoms with Crippen LogP contribution in [0.1, 0.15) is 19.8 Å². The highest BCUT2D eigenvalue weighted by molar-refractivity contribution is 5.56. The third-order valence-electron chi connectivity index (χ3n) is 1.43. The molecule has 0 spiro atoms. The van der Waals surface area contributed by atoms with Crippen LogP contribution >= 0.6 is 0 Å². The third kappa shape index (κ3) is 5.28. The predicted octanol–water partition coefficient (Wildman–Crippen LogP) is 1.73. The maximum Gasteiger partial charge on any atom is 0.505 e. The Labute approximate surface area is 66.4 Å². The lowest BCUT2D eigenvalue weighted by Crippen LogP contribution is -2.11. The molecule has 1 N–H and O–H groups in total. The molecule has 1 atom stereocenters. The molecule has 11 heavy (non-hydrogen) atoms. The van der Waals surface area contributed by atoms with Gasteiger partial charge in [-0.15, -0.1) is 12.3 Å². The molecular formula is C8H12O3. The van der Waals surface area contributed by atoms with E-state index in [-0.39, 0.29) is 12.5 Å². The van der Waals surface area contributed by atoms with Crippen molar-refractivity contribution in [1.82, 2.24) is 0 Å². The lowest BCUT2D eigenvalue weighted by atomic mass is 10.0. The Bertz CT molecular complexity index is 157. The normalized spacial score (nSPS) is 11.6. The van der Waals surface area contributed by atoms with E-state index in [1.807, 2.05) is 6.92 Å². The average Bonchev–Trinajstić information content (AvgIpc) is 1.97. The lowest BCUT2D eigenvalue weighted by Gasteiger charge is -2.09. The van der Waals surface area contributed by atoms with Gasteiger partial charge in [0.2, 0.25) is 0 Å². The van der Waals surface area contributed by atoms with Crippen LogP contribution in [0.15, 0.2) is 0 Å². The number of ether oxygens (including phenoxy) is 1. The van der Waals surface area contributed by atoms with E-state index < -0.39 is 6.16 Å². The summed E-state index contributed by atoms with van der Waals surface area (Å²) in [5, 5.41) is 8.15. The second-order valence-electron chi connectivity index (χ2n) is 2.26. The Morgan fingerprint density at radius 3 is 2.82 bits per heavy atom. The van der Waals surface area contributed by atoms with E-state index in [1.165, 1.54) is 0 Å². The largest absolute Gasteiger partial charge is 0.505 e. The highest BCUT2D eigenvalue weighted by Crippen LogP contribution is 2.07. The molecule has 62 valence electrons. The molecule has 0 bridgehead atoms. The van der Waals surface area contributed by atoms with Gasteiger partial charge in [-0.2, -0.15) is 0 Å². The molecule has 3 nitrogen and oxygen atoms in total. The van der Waals surface area contributed by atoms with Crippen molar-refractivity contribution in [2.45, 2.75) is 19.8 Å². The molecule has 0 aliphatic rings. The Balaban J connectivity index is 3.53. The summed E-state index contributed by atoms with van der Waals surface area (Å²) < 4.78 is 4.37. The molecule has 0 heterocycles. The van der Waals surface area contributed by atoms with E-state index in [2.05, 4.69) is 10.7 Å². The number of hydrogen-bond acceptors (Lipinski definition) is 2. The van der Waals surface area contributed by atoms with Crippen molar-refractivity contribution in [1.29, 1.82) is 0 Å². The minimum Gasteiger partial charge on any atom is -0.450 e. The molecule has 1 unspecified atom stereocenters. The first-order chi connectivity index (χ1) is 5.20. The molecule has 0 saturated heterocycles. The van der Waals surface area contributed by atoms with Crippen LogP contribution in [0.5, 0.6) is 0 Å². The van der Waals surface area contributed by atoms with Crippen LogP contribution in [0.25, 0.3) is 0 Å². The van der Waals surface area contributed by atoms with Crippen molar-refractivity contribution < 1.29 is 14.6 Å². The number of carboxylic acid groups (broad SMARTS) is 1.